The van der Waals surface area contributed by atoms with E-state index in [1.807, 2.05) is 56.3 Å². The zero-order chi connectivity index (χ0) is 21.0. The Hall–Kier alpha value is -4.21. The number of aromatic amines is 1. The van der Waals surface area contributed by atoms with Crippen molar-refractivity contribution >= 4 is 34.4 Å². The van der Waals surface area contributed by atoms with Crippen molar-refractivity contribution in [2.24, 2.45) is 43.3 Å². The molecule has 3 aromatic rings. The van der Waals surface area contributed by atoms with Gasteiger partial charge < -0.3 is 27.9 Å². The first kappa shape index (κ1) is 19.5. The Morgan fingerprint density at radius 2 is 1.31 bits per heavy atom. The summed E-state index contributed by atoms with van der Waals surface area (Å²) in [6.45, 7) is 3.66. The van der Waals surface area contributed by atoms with Gasteiger partial charge in [0.15, 0.2) is 0 Å². The van der Waals surface area contributed by atoms with Crippen molar-refractivity contribution in [3.63, 3.8) is 0 Å². The molecule has 0 aliphatic rings. The molecule has 0 amide bonds. The Morgan fingerprint density at radius 3 is 1.90 bits per heavy atom. The topological polar surface area (TPSA) is 182 Å². The van der Waals surface area contributed by atoms with Crippen LogP contribution >= 0.6 is 0 Å². The summed E-state index contributed by atoms with van der Waals surface area (Å²) in [6.07, 6.45) is 0. The van der Waals surface area contributed by atoms with Crippen molar-refractivity contribution in [2.75, 3.05) is 0 Å². The van der Waals surface area contributed by atoms with Crippen molar-refractivity contribution in [3.05, 3.63) is 53.6 Å². The lowest BCUT2D eigenvalue weighted by Crippen LogP contribution is -2.22. The number of fused-ring (bicyclic) bond motifs is 1. The van der Waals surface area contributed by atoms with Crippen LogP contribution in [0.2, 0.25) is 0 Å². The third kappa shape index (κ3) is 4.75. The van der Waals surface area contributed by atoms with Crippen LogP contribution < -0.4 is 22.9 Å². The van der Waals surface area contributed by atoms with Crippen LogP contribution in [-0.4, -0.2) is 33.3 Å². The lowest BCUT2D eigenvalue weighted by atomic mass is 10.1. The molecular formula is C19H22N10. The molecule has 148 valence electrons. The molecule has 10 heteroatoms. The minimum Gasteiger partial charge on any atom is -0.369 e. The van der Waals surface area contributed by atoms with Crippen molar-refractivity contribution in [2.45, 2.75) is 13.8 Å². The van der Waals surface area contributed by atoms with Crippen LogP contribution in [0.25, 0.3) is 22.4 Å². The second kappa shape index (κ2) is 8.21. The van der Waals surface area contributed by atoms with Crippen molar-refractivity contribution < 1.29 is 0 Å². The average Bonchev–Trinajstić information content (AvgIpc) is 3.13. The summed E-state index contributed by atoms with van der Waals surface area (Å²) in [4.78, 5) is 7.97. The number of rotatable bonds is 5. The summed E-state index contributed by atoms with van der Waals surface area (Å²) in [7, 11) is 0. The van der Waals surface area contributed by atoms with Gasteiger partial charge in [-0.1, -0.05) is 30.3 Å². The highest BCUT2D eigenvalue weighted by Crippen LogP contribution is 2.22. The van der Waals surface area contributed by atoms with E-state index >= 15 is 0 Å². The van der Waals surface area contributed by atoms with Crippen LogP contribution in [0.5, 0.6) is 0 Å². The highest BCUT2D eigenvalue weighted by Gasteiger charge is 2.08. The van der Waals surface area contributed by atoms with Crippen LogP contribution in [0.4, 0.5) is 0 Å². The minimum atomic E-state index is -0.0868. The molecule has 2 aromatic carbocycles. The molecule has 9 N–H and O–H groups in total. The van der Waals surface area contributed by atoms with E-state index in [1.54, 1.807) is 0 Å². The third-order valence-corrected chi connectivity index (χ3v) is 4.11. The maximum atomic E-state index is 5.32. The monoisotopic (exact) mass is 390 g/mol. The molecular weight excluding hydrogens is 368 g/mol. The molecule has 1 aromatic heterocycles. The van der Waals surface area contributed by atoms with E-state index in [-0.39, 0.29) is 11.9 Å². The molecule has 10 nitrogen and oxygen atoms in total. The van der Waals surface area contributed by atoms with Crippen LogP contribution in [0.3, 0.4) is 0 Å². The molecule has 0 aliphatic carbocycles. The molecule has 3 rings (SSSR count). The Morgan fingerprint density at radius 1 is 0.759 bits per heavy atom. The fourth-order valence-electron chi connectivity index (χ4n) is 2.62. The zero-order valence-corrected chi connectivity index (χ0v) is 16.1. The molecule has 0 atom stereocenters. The zero-order valence-electron chi connectivity index (χ0n) is 16.1. The second-order valence-corrected chi connectivity index (χ2v) is 6.32. The number of hydrogen-bond acceptors (Lipinski definition) is 5. The van der Waals surface area contributed by atoms with Gasteiger partial charge in [0.2, 0.25) is 11.9 Å². The summed E-state index contributed by atoms with van der Waals surface area (Å²) >= 11 is 0. The lowest BCUT2D eigenvalue weighted by Gasteiger charge is -2.01. The maximum absolute atomic E-state index is 5.32. The van der Waals surface area contributed by atoms with E-state index in [0.717, 1.165) is 33.5 Å². The molecule has 0 radical (unpaired) electrons. The Bertz CT molecular complexity index is 1140. The lowest BCUT2D eigenvalue weighted by molar-refractivity contribution is 1.19. The van der Waals surface area contributed by atoms with Crippen LogP contribution in [-0.2, 0) is 0 Å². The van der Waals surface area contributed by atoms with Gasteiger partial charge in [-0.2, -0.15) is 10.2 Å². The number of hydrogen-bond donors (Lipinski definition) is 5. The summed E-state index contributed by atoms with van der Waals surface area (Å²) in [5.74, 6) is 0.582. The summed E-state index contributed by atoms with van der Waals surface area (Å²) in [6, 6.07) is 13.6. The number of guanidine groups is 2. The van der Waals surface area contributed by atoms with Gasteiger partial charge >= 0.3 is 0 Å². The second-order valence-electron chi connectivity index (χ2n) is 6.32. The summed E-state index contributed by atoms with van der Waals surface area (Å²) < 4.78 is 0. The smallest absolute Gasteiger partial charge is 0.211 e. The summed E-state index contributed by atoms with van der Waals surface area (Å²) in [5, 5.41) is 15.3. The summed E-state index contributed by atoms with van der Waals surface area (Å²) in [5.41, 5.74) is 27.1. The number of benzene rings is 2. The van der Waals surface area contributed by atoms with E-state index < -0.39 is 0 Å². The van der Waals surface area contributed by atoms with Crippen molar-refractivity contribution in [1.29, 1.82) is 0 Å². The number of imidazole rings is 1. The van der Waals surface area contributed by atoms with Crippen molar-refractivity contribution in [3.8, 4) is 11.4 Å². The van der Waals surface area contributed by atoms with E-state index in [0.29, 0.717) is 11.4 Å². The molecule has 0 fully saturated rings. The van der Waals surface area contributed by atoms with Gasteiger partial charge in [0.05, 0.1) is 22.5 Å². The minimum absolute atomic E-state index is 0.0822. The molecule has 0 unspecified atom stereocenters. The molecule has 0 spiro atoms. The Labute approximate surface area is 167 Å². The number of aromatic nitrogens is 2. The van der Waals surface area contributed by atoms with Gasteiger partial charge in [0, 0.05) is 5.56 Å². The van der Waals surface area contributed by atoms with Crippen LogP contribution in [0.1, 0.15) is 25.0 Å². The third-order valence-electron chi connectivity index (χ3n) is 4.11. The fourth-order valence-corrected chi connectivity index (χ4v) is 2.62. The van der Waals surface area contributed by atoms with E-state index in [4.69, 9.17) is 22.9 Å². The van der Waals surface area contributed by atoms with E-state index in [2.05, 4.69) is 30.4 Å². The highest BCUT2D eigenvalue weighted by molar-refractivity contribution is 6.02. The van der Waals surface area contributed by atoms with Gasteiger partial charge in [-0.15, -0.1) is 10.2 Å². The molecule has 29 heavy (non-hydrogen) atoms. The molecule has 0 saturated carbocycles. The molecule has 1 heterocycles. The molecule has 0 aliphatic heterocycles. The number of H-pyrrole nitrogens is 1. The first-order valence-electron chi connectivity index (χ1n) is 8.71. The number of nitrogens with one attached hydrogen (secondary N) is 1. The predicted molar refractivity (Wildman–Crippen MR) is 118 cm³/mol. The fraction of sp³-hybridized carbons (Fsp3) is 0.105. The van der Waals surface area contributed by atoms with Crippen molar-refractivity contribution in [1.82, 2.24) is 9.97 Å². The van der Waals surface area contributed by atoms with Crippen LogP contribution in [0.15, 0.2) is 62.9 Å². The number of nitrogens with zero attached hydrogens (tertiary/aromatic N) is 5. The van der Waals surface area contributed by atoms with Gasteiger partial charge in [-0.05, 0) is 37.1 Å². The normalized spacial score (nSPS) is 12.1. The maximum Gasteiger partial charge on any atom is 0.211 e. The molecule has 0 bridgehead atoms. The van der Waals surface area contributed by atoms with Gasteiger partial charge in [0.1, 0.15) is 5.82 Å². The Balaban J connectivity index is 1.89. The Kier molecular flexibility index (Phi) is 5.54. The quantitative estimate of drug-likeness (QED) is 0.249. The SMILES string of the molecule is CC(=NN=C(N)N)c1ccc(-c2nc3ccc(C(C)=NN=C(N)N)cc3[nH]2)cc1. The average molecular weight is 390 g/mol. The van der Waals surface area contributed by atoms with Gasteiger partial charge in [-0.3, -0.25) is 0 Å². The first-order valence-corrected chi connectivity index (χ1v) is 8.71. The van der Waals surface area contributed by atoms with Gasteiger partial charge in [0.25, 0.3) is 0 Å². The number of nitrogens with two attached hydrogens (primary N) is 4. The first-order chi connectivity index (χ1) is 13.8. The van der Waals surface area contributed by atoms with E-state index in [1.165, 1.54) is 0 Å². The standard InChI is InChI=1S/C19H22N10/c1-10(26-28-18(20)21)12-3-5-13(6-4-12)17-24-15-8-7-14(9-16(15)25-17)11(2)27-29-19(22)23/h3-9H,1-2H3,(H,24,25)(H4,20,21,28)(H4,22,23,29). The largest absolute Gasteiger partial charge is 0.369 e. The molecule has 0 saturated heterocycles. The van der Waals surface area contributed by atoms with Crippen LogP contribution in [0, 0.1) is 0 Å². The highest BCUT2D eigenvalue weighted by atomic mass is 15.3. The predicted octanol–water partition coefficient (Wildman–Crippen LogP) is 1.22. The van der Waals surface area contributed by atoms with E-state index in [9.17, 15) is 0 Å². The van der Waals surface area contributed by atoms with Gasteiger partial charge in [-0.25, -0.2) is 4.98 Å².